The summed E-state index contributed by atoms with van der Waals surface area (Å²) in [7, 11) is 1.32. The Bertz CT molecular complexity index is 3220. The number of anilines is 2. The second-order valence-electron chi connectivity index (χ2n) is 16.1. The second-order valence-corrected chi connectivity index (χ2v) is 17.0. The molecule has 0 saturated carbocycles. The van der Waals surface area contributed by atoms with Crippen LogP contribution in [0.5, 0.6) is 0 Å². The predicted molar refractivity (Wildman–Crippen MR) is 281 cm³/mol. The standard InChI is InChI=1S/C26H24ClN5O3.C25H24ClN5O2.CH4.Al.Li.4H/c1-14-6-23(28)32-15(2)22(14)13-31-25(33)17-4-5-29-20(11-17)8-16-7-18-10-19(27)12-30-24(18)21(9-16)26(34)35-3;1-14-5-23(27)31-15(2)22(14)12-30-25(33)17-3-4-28-21(10-17)8-16-6-18-9-20(26)11-29-24(18)19(7-16)13-32;;;;;;;/h4-7,9-12H,8,13H2,1-3H3,(H2,28,32)(H,31,33);3-7,9-11,32H,8,12-13H2,1-2H3,(H2,27,31)(H,30,33);1H4;;;;;;/q;;;;+1;;;;-1. The molecule has 0 aliphatic carbocycles. The molecule has 0 unspecified atom stereocenters. The van der Waals surface area contributed by atoms with Crippen LogP contribution < -0.4 is 41.0 Å². The molecule has 8 rings (SSSR count). The summed E-state index contributed by atoms with van der Waals surface area (Å²) in [6.45, 7) is 8.19. The first-order valence-corrected chi connectivity index (χ1v) is 22.1. The van der Waals surface area contributed by atoms with Crippen molar-refractivity contribution in [2.75, 3.05) is 18.6 Å². The molecule has 362 valence electrons. The molecule has 0 aliphatic heterocycles. The van der Waals surface area contributed by atoms with Crippen molar-refractivity contribution in [3.8, 4) is 0 Å². The molecular weight excluding hydrogens is 949 g/mol. The Balaban J connectivity index is 0.000000361. The van der Waals surface area contributed by atoms with E-state index in [1.807, 2.05) is 52.0 Å². The number of carbonyl (C=O) groups excluding carboxylic acids is 3. The first-order valence-electron chi connectivity index (χ1n) is 21.3. The van der Waals surface area contributed by atoms with Crippen LogP contribution in [0.2, 0.25) is 10.0 Å². The number of benzene rings is 2. The van der Waals surface area contributed by atoms with Gasteiger partial charge in [0.25, 0.3) is 11.8 Å². The van der Waals surface area contributed by atoms with Crippen LogP contribution in [0.15, 0.2) is 97.6 Å². The van der Waals surface area contributed by atoms with Gasteiger partial charge < -0.3 is 33.4 Å². The van der Waals surface area contributed by atoms with Crippen molar-refractivity contribution in [1.82, 2.24) is 40.5 Å². The summed E-state index contributed by atoms with van der Waals surface area (Å²) in [5.74, 6) is 0.00948. The molecule has 8 aromatic rings. The van der Waals surface area contributed by atoms with Crippen LogP contribution >= 0.6 is 23.2 Å². The Kier molecular flexibility index (Phi) is 20.6. The van der Waals surface area contributed by atoms with Crippen LogP contribution in [0.1, 0.15) is 102 Å². The summed E-state index contributed by atoms with van der Waals surface area (Å²) in [6.07, 6.45) is 7.16. The van der Waals surface area contributed by atoms with Gasteiger partial charge in [-0.15, -0.1) is 0 Å². The van der Waals surface area contributed by atoms with Crippen LogP contribution in [-0.4, -0.2) is 77.3 Å². The number of nitrogens with one attached hydrogen (secondary N) is 2. The van der Waals surface area contributed by atoms with Gasteiger partial charge in [0, 0.05) is 101 Å². The van der Waals surface area contributed by atoms with Gasteiger partial charge in [-0.3, -0.25) is 29.5 Å². The maximum atomic E-state index is 12.8. The zero-order valence-electron chi connectivity index (χ0n) is 39.9. The zero-order chi connectivity index (χ0) is 48.6. The number of nitrogens with two attached hydrogens (primary N) is 2. The average molecular weight is 1010 g/mol. The van der Waals surface area contributed by atoms with Gasteiger partial charge in [0.2, 0.25) is 0 Å². The van der Waals surface area contributed by atoms with Gasteiger partial charge in [-0.05, 0) is 128 Å². The molecule has 19 heteroatoms. The van der Waals surface area contributed by atoms with E-state index in [1.165, 1.54) is 13.3 Å². The predicted octanol–water partition coefficient (Wildman–Crippen LogP) is 4.64. The fraction of sp³-hybridized carbons (Fsp3) is 0.212. The number of hydrogen-bond acceptors (Lipinski definition) is 13. The Morgan fingerprint density at radius 3 is 1.56 bits per heavy atom. The number of halogens is 2. The largest absolute Gasteiger partial charge is 1.00 e. The molecule has 0 fully saturated rings. The molecule has 0 radical (unpaired) electrons. The third kappa shape index (κ3) is 14.3. The Morgan fingerprint density at radius 2 is 1.11 bits per heavy atom. The molecule has 0 saturated heterocycles. The van der Waals surface area contributed by atoms with Gasteiger partial charge in [0.05, 0.1) is 40.4 Å². The molecule has 2 amide bonds. The monoisotopic (exact) mass is 1000 g/mol. The van der Waals surface area contributed by atoms with E-state index in [-0.39, 0.29) is 63.5 Å². The van der Waals surface area contributed by atoms with E-state index >= 15 is 0 Å². The number of aliphatic hydroxyl groups is 1. The molecule has 15 nitrogen and oxygen atoms in total. The van der Waals surface area contributed by atoms with Crippen LogP contribution in [0, 0.1) is 27.7 Å². The maximum absolute atomic E-state index is 12.8. The molecule has 0 aliphatic rings. The van der Waals surface area contributed by atoms with Crippen LogP contribution in [0.4, 0.5) is 11.6 Å². The second kappa shape index (κ2) is 25.6. The van der Waals surface area contributed by atoms with Gasteiger partial charge in [-0.1, -0.05) is 36.7 Å². The van der Waals surface area contributed by atoms with Crippen LogP contribution in [-0.2, 0) is 37.3 Å². The number of fused-ring (bicyclic) bond motifs is 2. The number of esters is 1. The van der Waals surface area contributed by atoms with E-state index in [0.717, 1.165) is 66.9 Å². The van der Waals surface area contributed by atoms with E-state index in [0.29, 0.717) is 80.9 Å². The smallest absolute Gasteiger partial charge is 1.00 e. The molecule has 0 spiro atoms. The fourth-order valence-electron chi connectivity index (χ4n) is 7.94. The molecular formula is C52H56AlCl2LiN10O5. The maximum Gasteiger partial charge on any atom is 1.00 e. The van der Waals surface area contributed by atoms with Crippen molar-refractivity contribution in [3.05, 3.63) is 186 Å². The fourth-order valence-corrected chi connectivity index (χ4v) is 8.28. The number of hydrogen-bond donors (Lipinski definition) is 5. The molecule has 7 N–H and O–H groups in total. The number of carbonyl (C=O) groups is 3. The normalized spacial score (nSPS) is 10.5. The summed E-state index contributed by atoms with van der Waals surface area (Å²) in [5, 5.41) is 18.2. The first kappa shape index (κ1) is 57.1. The number of aryl methyl sites for hydroxylation is 4. The van der Waals surface area contributed by atoms with Crippen molar-refractivity contribution < 1.29 is 44.5 Å². The number of nitrogen functional groups attached to an aromatic ring is 2. The third-order valence-corrected chi connectivity index (χ3v) is 11.6. The summed E-state index contributed by atoms with van der Waals surface area (Å²) >= 11 is 12.2. The van der Waals surface area contributed by atoms with Crippen molar-refractivity contribution in [3.63, 3.8) is 0 Å². The number of aromatic nitrogens is 6. The Labute approximate surface area is 446 Å². The Morgan fingerprint density at radius 1 is 0.662 bits per heavy atom. The van der Waals surface area contributed by atoms with Crippen molar-refractivity contribution in [1.29, 1.82) is 0 Å². The summed E-state index contributed by atoms with van der Waals surface area (Å²) in [4.78, 5) is 63.9. The molecule has 6 heterocycles. The summed E-state index contributed by atoms with van der Waals surface area (Å²) in [6, 6.07) is 21.5. The van der Waals surface area contributed by atoms with Crippen molar-refractivity contribution in [2.45, 2.75) is 67.7 Å². The van der Waals surface area contributed by atoms with Gasteiger partial charge in [0.15, 0.2) is 17.4 Å². The van der Waals surface area contributed by atoms with E-state index in [1.54, 1.807) is 67.1 Å². The minimum Gasteiger partial charge on any atom is -1.00 e. The van der Waals surface area contributed by atoms with E-state index in [2.05, 4.69) is 40.5 Å². The number of amides is 2. The molecule has 71 heavy (non-hydrogen) atoms. The molecule has 2 aromatic carbocycles. The Hall–Kier alpha value is -6.46. The molecule has 0 atom stereocenters. The minimum absolute atomic E-state index is 0. The zero-order valence-corrected chi connectivity index (χ0v) is 40.5. The number of ether oxygens (including phenoxy) is 1. The number of pyridine rings is 6. The van der Waals surface area contributed by atoms with E-state index in [4.69, 9.17) is 39.4 Å². The molecule has 0 bridgehead atoms. The van der Waals surface area contributed by atoms with Gasteiger partial charge in [0.1, 0.15) is 11.6 Å². The third-order valence-electron chi connectivity index (χ3n) is 11.2. The van der Waals surface area contributed by atoms with Gasteiger partial charge in [-0.2, -0.15) is 0 Å². The number of nitrogens with zero attached hydrogens (tertiary/aromatic N) is 6. The van der Waals surface area contributed by atoms with Crippen molar-refractivity contribution >= 4 is 91.8 Å². The topological polar surface area (TPSA) is 234 Å². The van der Waals surface area contributed by atoms with Crippen LogP contribution in [0.25, 0.3) is 21.8 Å². The first-order chi connectivity index (χ1) is 32.6. The quantitative estimate of drug-likeness (QED) is 0.0830. The summed E-state index contributed by atoms with van der Waals surface area (Å²) in [5.41, 5.74) is 23.4. The summed E-state index contributed by atoms with van der Waals surface area (Å²) < 4.78 is 4.93. The SMILES string of the molecule is C.COC(=O)c1cc(Cc2cc(C(=O)NCc3c(C)cc(N)nc3C)ccn2)cc2cc(Cl)cnc12.Cc1cc(N)nc(C)c1CNC(=O)c1ccnc(Cc2cc(CO)c3ncc(Cl)cc3c2)c1.[AlH3].[H-].[Li+]. The van der Waals surface area contributed by atoms with E-state index < -0.39 is 5.97 Å². The van der Waals surface area contributed by atoms with Crippen molar-refractivity contribution in [2.24, 2.45) is 0 Å². The van der Waals surface area contributed by atoms with Crippen LogP contribution in [0.3, 0.4) is 0 Å². The van der Waals surface area contributed by atoms with Gasteiger partial charge in [-0.25, -0.2) is 14.8 Å². The average Bonchev–Trinajstić information content (AvgIpc) is 3.30. The number of rotatable bonds is 12. The number of methoxy groups -OCH3 is 1. The minimum atomic E-state index is -0.490. The number of aliphatic hydroxyl groups excluding tert-OH is 1. The van der Waals surface area contributed by atoms with Gasteiger partial charge >= 0.3 is 24.8 Å². The van der Waals surface area contributed by atoms with E-state index in [9.17, 15) is 19.5 Å². The molecule has 6 aromatic heterocycles.